The Balaban J connectivity index is 1.82. The highest BCUT2D eigenvalue weighted by atomic mass is 79.9. The van der Waals surface area contributed by atoms with Crippen molar-refractivity contribution in [3.05, 3.63) is 57.0 Å². The van der Waals surface area contributed by atoms with Gasteiger partial charge in [-0.05, 0) is 48.9 Å². The van der Waals surface area contributed by atoms with Crippen molar-refractivity contribution in [1.29, 1.82) is 0 Å². The van der Waals surface area contributed by atoms with E-state index in [0.29, 0.717) is 22.0 Å². The van der Waals surface area contributed by atoms with Gasteiger partial charge in [-0.15, -0.1) is 0 Å². The van der Waals surface area contributed by atoms with Crippen molar-refractivity contribution in [2.24, 2.45) is 5.10 Å². The highest BCUT2D eigenvalue weighted by Gasteiger charge is 2.08. The molecule has 0 unspecified atom stereocenters. The third kappa shape index (κ3) is 6.69. The van der Waals surface area contributed by atoms with E-state index in [-0.39, 0.29) is 24.7 Å². The first-order valence-electron chi connectivity index (χ1n) is 8.10. The minimum Gasteiger partial charge on any atom is -0.496 e. The molecule has 2 aromatic rings. The summed E-state index contributed by atoms with van der Waals surface area (Å²) in [5, 5.41) is 7.27. The molecular formula is C19H19BrClN3O3. The van der Waals surface area contributed by atoms with Crippen molar-refractivity contribution >= 4 is 51.2 Å². The van der Waals surface area contributed by atoms with Gasteiger partial charge in [-0.25, -0.2) is 5.43 Å². The second-order valence-corrected chi connectivity index (χ2v) is 7.04. The molecule has 0 aliphatic carbocycles. The number of anilines is 1. The zero-order valence-corrected chi connectivity index (χ0v) is 17.2. The van der Waals surface area contributed by atoms with Crippen molar-refractivity contribution in [1.82, 2.24) is 5.43 Å². The summed E-state index contributed by atoms with van der Waals surface area (Å²) < 4.78 is 6.09. The van der Waals surface area contributed by atoms with Gasteiger partial charge in [0.1, 0.15) is 5.75 Å². The molecule has 0 spiro atoms. The van der Waals surface area contributed by atoms with E-state index >= 15 is 0 Å². The Morgan fingerprint density at radius 2 is 1.93 bits per heavy atom. The molecule has 6 nitrogen and oxygen atoms in total. The Morgan fingerprint density at radius 1 is 1.19 bits per heavy atom. The second kappa shape index (κ2) is 10.1. The van der Waals surface area contributed by atoms with Gasteiger partial charge in [-0.2, -0.15) is 5.10 Å². The number of nitrogens with zero attached hydrogens (tertiary/aromatic N) is 1. The van der Waals surface area contributed by atoms with Gasteiger partial charge in [0.2, 0.25) is 11.8 Å². The molecule has 2 amide bonds. The lowest BCUT2D eigenvalue weighted by molar-refractivity contribution is -0.124. The summed E-state index contributed by atoms with van der Waals surface area (Å²) in [5.74, 6) is 0.0188. The van der Waals surface area contributed by atoms with E-state index in [9.17, 15) is 9.59 Å². The van der Waals surface area contributed by atoms with E-state index in [2.05, 4.69) is 31.8 Å². The zero-order valence-electron chi connectivity index (χ0n) is 14.9. The molecule has 0 fully saturated rings. The fraction of sp³-hybridized carbons (Fsp3) is 0.211. The number of amides is 2. The summed E-state index contributed by atoms with van der Waals surface area (Å²) in [7, 11) is 1.56. The van der Waals surface area contributed by atoms with Crippen LogP contribution in [-0.2, 0) is 9.59 Å². The molecular weight excluding hydrogens is 434 g/mol. The monoisotopic (exact) mass is 451 g/mol. The Kier molecular flexibility index (Phi) is 7.82. The first-order valence-corrected chi connectivity index (χ1v) is 9.27. The number of hydrogen-bond acceptors (Lipinski definition) is 4. The number of benzene rings is 2. The lowest BCUT2D eigenvalue weighted by atomic mass is 10.2. The molecule has 0 saturated heterocycles. The van der Waals surface area contributed by atoms with Gasteiger partial charge in [-0.1, -0.05) is 27.5 Å². The van der Waals surface area contributed by atoms with E-state index in [4.69, 9.17) is 16.3 Å². The van der Waals surface area contributed by atoms with Crippen LogP contribution in [0, 0.1) is 6.92 Å². The molecule has 0 saturated carbocycles. The standard InChI is InChI=1S/C19H19BrClN3O3/c1-12-9-15(21)4-5-16(12)23-18(25)7-8-19(26)24-22-11-13-10-14(20)3-6-17(13)27-2/h3-6,9-11H,7-8H2,1-2H3,(H,23,25)(H,24,26)/b22-11-. The number of hydrazone groups is 1. The average molecular weight is 453 g/mol. The van der Waals surface area contributed by atoms with Crippen molar-refractivity contribution in [2.45, 2.75) is 19.8 Å². The minimum absolute atomic E-state index is 0.0193. The summed E-state index contributed by atoms with van der Waals surface area (Å²) in [4.78, 5) is 23.8. The molecule has 0 atom stereocenters. The Hall–Kier alpha value is -2.38. The lowest BCUT2D eigenvalue weighted by Gasteiger charge is -2.08. The highest BCUT2D eigenvalue weighted by molar-refractivity contribution is 9.10. The van der Waals surface area contributed by atoms with Crippen LogP contribution >= 0.6 is 27.5 Å². The first-order chi connectivity index (χ1) is 12.9. The third-order valence-corrected chi connectivity index (χ3v) is 4.35. The fourth-order valence-corrected chi connectivity index (χ4v) is 2.85. The number of halogens is 2. The van der Waals surface area contributed by atoms with Crippen molar-refractivity contribution in [3.63, 3.8) is 0 Å². The van der Waals surface area contributed by atoms with Gasteiger partial charge >= 0.3 is 0 Å². The van der Waals surface area contributed by atoms with Crippen LogP contribution in [0.3, 0.4) is 0 Å². The van der Waals surface area contributed by atoms with Crippen LogP contribution in [0.1, 0.15) is 24.0 Å². The Bertz CT molecular complexity index is 871. The first kappa shape index (κ1) is 20.9. The number of carbonyl (C=O) groups excluding carboxylic acids is 2. The van der Waals surface area contributed by atoms with Crippen LogP contribution < -0.4 is 15.5 Å². The van der Waals surface area contributed by atoms with E-state index in [0.717, 1.165) is 10.0 Å². The van der Waals surface area contributed by atoms with Gasteiger partial charge in [0, 0.05) is 33.6 Å². The number of rotatable bonds is 7. The Labute approximate surface area is 171 Å². The van der Waals surface area contributed by atoms with Crippen LogP contribution in [0.15, 0.2) is 46.0 Å². The summed E-state index contributed by atoms with van der Waals surface area (Å²) >= 11 is 9.25. The zero-order chi connectivity index (χ0) is 19.8. The van der Waals surface area contributed by atoms with Crippen LogP contribution in [0.2, 0.25) is 5.02 Å². The van der Waals surface area contributed by atoms with E-state index in [1.807, 2.05) is 19.1 Å². The SMILES string of the molecule is COc1ccc(Br)cc1/C=N\NC(=O)CCC(=O)Nc1ccc(Cl)cc1C. The van der Waals surface area contributed by atoms with Crippen molar-refractivity contribution in [2.75, 3.05) is 12.4 Å². The minimum atomic E-state index is -0.358. The number of nitrogens with one attached hydrogen (secondary N) is 2. The average Bonchev–Trinajstić information content (AvgIpc) is 2.62. The third-order valence-electron chi connectivity index (χ3n) is 3.63. The second-order valence-electron chi connectivity index (χ2n) is 5.69. The lowest BCUT2D eigenvalue weighted by Crippen LogP contribution is -2.20. The predicted octanol–water partition coefficient (Wildman–Crippen LogP) is 4.29. The van der Waals surface area contributed by atoms with Gasteiger partial charge in [0.05, 0.1) is 13.3 Å². The normalized spacial score (nSPS) is 10.7. The van der Waals surface area contributed by atoms with E-state index < -0.39 is 0 Å². The van der Waals surface area contributed by atoms with E-state index in [1.54, 1.807) is 31.4 Å². The summed E-state index contributed by atoms with van der Waals surface area (Å²) in [6, 6.07) is 10.6. The largest absolute Gasteiger partial charge is 0.496 e. The number of hydrogen-bond donors (Lipinski definition) is 2. The van der Waals surface area contributed by atoms with Gasteiger partial charge in [-0.3, -0.25) is 9.59 Å². The van der Waals surface area contributed by atoms with Gasteiger partial charge in [0.25, 0.3) is 0 Å². The van der Waals surface area contributed by atoms with Crippen molar-refractivity contribution < 1.29 is 14.3 Å². The van der Waals surface area contributed by atoms with Crippen LogP contribution in [-0.4, -0.2) is 25.1 Å². The van der Waals surface area contributed by atoms with Gasteiger partial charge in [0.15, 0.2) is 0 Å². The molecule has 0 aliphatic rings. The van der Waals surface area contributed by atoms with Crippen LogP contribution in [0.4, 0.5) is 5.69 Å². The summed E-state index contributed by atoms with van der Waals surface area (Å²) in [6.07, 6.45) is 1.55. The molecule has 142 valence electrons. The molecule has 0 radical (unpaired) electrons. The number of ether oxygens (including phenoxy) is 1. The maximum atomic E-state index is 12.0. The fourth-order valence-electron chi connectivity index (χ4n) is 2.24. The maximum absolute atomic E-state index is 12.0. The summed E-state index contributed by atoms with van der Waals surface area (Å²) in [6.45, 7) is 1.85. The maximum Gasteiger partial charge on any atom is 0.240 e. The molecule has 2 aromatic carbocycles. The smallest absolute Gasteiger partial charge is 0.240 e. The molecule has 8 heteroatoms. The van der Waals surface area contributed by atoms with Crippen LogP contribution in [0.5, 0.6) is 5.75 Å². The van der Waals surface area contributed by atoms with Crippen LogP contribution in [0.25, 0.3) is 0 Å². The molecule has 0 bridgehead atoms. The van der Waals surface area contributed by atoms with Gasteiger partial charge < -0.3 is 10.1 Å². The Morgan fingerprint density at radius 3 is 2.63 bits per heavy atom. The highest BCUT2D eigenvalue weighted by Crippen LogP contribution is 2.21. The molecule has 0 heterocycles. The van der Waals surface area contributed by atoms with E-state index in [1.165, 1.54) is 6.21 Å². The summed E-state index contributed by atoms with van der Waals surface area (Å²) in [5.41, 5.74) is 4.64. The van der Waals surface area contributed by atoms with Crippen molar-refractivity contribution in [3.8, 4) is 5.75 Å². The molecule has 0 aromatic heterocycles. The molecule has 27 heavy (non-hydrogen) atoms. The number of methoxy groups -OCH3 is 1. The molecule has 2 rings (SSSR count). The predicted molar refractivity (Wildman–Crippen MR) is 110 cm³/mol. The molecule has 2 N–H and O–H groups in total. The topological polar surface area (TPSA) is 79.8 Å². The molecule has 0 aliphatic heterocycles. The quantitative estimate of drug-likeness (QED) is 0.486. The number of carbonyl (C=O) groups is 2. The number of aryl methyl sites for hydroxylation is 1.